The van der Waals surface area contributed by atoms with Crippen molar-refractivity contribution in [1.82, 2.24) is 5.32 Å². The zero-order valence-electron chi connectivity index (χ0n) is 8.21. The van der Waals surface area contributed by atoms with Gasteiger partial charge in [-0.15, -0.1) is 0 Å². The molecule has 0 aliphatic heterocycles. The van der Waals surface area contributed by atoms with Crippen molar-refractivity contribution >= 4 is 35.8 Å². The summed E-state index contributed by atoms with van der Waals surface area (Å²) in [6.45, 7) is 1.26. The van der Waals surface area contributed by atoms with Gasteiger partial charge in [0.2, 0.25) is 5.91 Å². The van der Waals surface area contributed by atoms with E-state index in [2.05, 4.69) is 17.9 Å². The van der Waals surface area contributed by atoms with Crippen LogP contribution in [0, 0.1) is 0 Å². The average Bonchev–Trinajstić information content (AvgIpc) is 2.71. The standard InChI is InChI=1S/C5H9NO3S.C4H4S/c1-3(7)6-4(2-10)5(8)9;1-2-4-5-3-1/h4,10H,2H2,1H3,(H,6,7)(H,8,9);1-4H. The molecular formula is C9H13NO3S2. The molecule has 1 heterocycles. The number of amides is 1. The molecule has 0 fully saturated rings. The van der Waals surface area contributed by atoms with E-state index in [1.54, 1.807) is 11.3 Å². The van der Waals surface area contributed by atoms with Gasteiger partial charge >= 0.3 is 5.97 Å². The van der Waals surface area contributed by atoms with E-state index in [0.29, 0.717) is 0 Å². The zero-order valence-corrected chi connectivity index (χ0v) is 9.92. The number of thiol groups is 1. The molecule has 1 unspecified atom stereocenters. The molecule has 0 aromatic carbocycles. The second kappa shape index (κ2) is 8.31. The highest BCUT2D eigenvalue weighted by Gasteiger charge is 2.15. The predicted molar refractivity (Wildman–Crippen MR) is 63.4 cm³/mol. The van der Waals surface area contributed by atoms with Crippen LogP contribution in [-0.2, 0) is 9.59 Å². The number of carboxylic acid groups (broad SMARTS) is 1. The van der Waals surface area contributed by atoms with Crippen molar-refractivity contribution in [1.29, 1.82) is 0 Å². The summed E-state index contributed by atoms with van der Waals surface area (Å²) in [5.41, 5.74) is 0. The van der Waals surface area contributed by atoms with E-state index in [9.17, 15) is 9.59 Å². The first kappa shape index (κ1) is 14.0. The molecule has 1 atom stereocenters. The molecule has 1 amide bonds. The minimum absolute atomic E-state index is 0.106. The molecule has 0 saturated carbocycles. The SMILES string of the molecule is CC(=O)NC(CS)C(=O)O.c1ccsc1. The van der Waals surface area contributed by atoms with Gasteiger partial charge < -0.3 is 10.4 Å². The third-order valence-corrected chi connectivity index (χ3v) is 2.28. The summed E-state index contributed by atoms with van der Waals surface area (Å²) in [5, 5.41) is 14.7. The van der Waals surface area contributed by atoms with E-state index < -0.39 is 12.0 Å². The van der Waals surface area contributed by atoms with Crippen LogP contribution in [0.4, 0.5) is 0 Å². The second-order valence-corrected chi connectivity index (χ2v) is 3.75. The third-order valence-electron chi connectivity index (χ3n) is 1.28. The lowest BCUT2D eigenvalue weighted by Crippen LogP contribution is -2.40. The third kappa shape index (κ3) is 8.02. The summed E-state index contributed by atoms with van der Waals surface area (Å²) >= 11 is 5.45. The Morgan fingerprint density at radius 2 is 2.00 bits per heavy atom. The second-order valence-electron chi connectivity index (χ2n) is 2.57. The van der Waals surface area contributed by atoms with Gasteiger partial charge in [0.1, 0.15) is 6.04 Å². The number of rotatable bonds is 3. The van der Waals surface area contributed by atoms with Crippen molar-refractivity contribution in [3.05, 3.63) is 22.9 Å². The highest BCUT2D eigenvalue weighted by molar-refractivity contribution is 7.80. The van der Waals surface area contributed by atoms with Crippen LogP contribution in [-0.4, -0.2) is 28.8 Å². The van der Waals surface area contributed by atoms with Gasteiger partial charge in [-0.2, -0.15) is 24.0 Å². The monoisotopic (exact) mass is 247 g/mol. The van der Waals surface area contributed by atoms with Crippen LogP contribution in [0.3, 0.4) is 0 Å². The Labute approximate surface area is 97.7 Å². The molecule has 1 aromatic rings. The normalized spacial score (nSPS) is 10.8. The summed E-state index contributed by atoms with van der Waals surface area (Å²) in [5.74, 6) is -1.32. The molecule has 0 aliphatic carbocycles. The number of hydrogen-bond acceptors (Lipinski definition) is 4. The summed E-state index contributed by atoms with van der Waals surface area (Å²) in [7, 11) is 0. The van der Waals surface area contributed by atoms with Crippen molar-refractivity contribution in [2.24, 2.45) is 0 Å². The molecule has 1 rings (SSSR count). The fourth-order valence-electron chi connectivity index (χ4n) is 0.658. The number of carbonyl (C=O) groups is 2. The van der Waals surface area contributed by atoms with Crippen LogP contribution in [0.5, 0.6) is 0 Å². The smallest absolute Gasteiger partial charge is 0.327 e. The van der Waals surface area contributed by atoms with Crippen molar-refractivity contribution in [2.45, 2.75) is 13.0 Å². The van der Waals surface area contributed by atoms with Crippen LogP contribution >= 0.6 is 24.0 Å². The quantitative estimate of drug-likeness (QED) is 0.704. The van der Waals surface area contributed by atoms with Crippen molar-refractivity contribution < 1.29 is 14.7 Å². The minimum Gasteiger partial charge on any atom is -0.480 e. The maximum absolute atomic E-state index is 10.3. The van der Waals surface area contributed by atoms with Gasteiger partial charge in [0.25, 0.3) is 0 Å². The van der Waals surface area contributed by atoms with E-state index >= 15 is 0 Å². The van der Waals surface area contributed by atoms with Crippen LogP contribution < -0.4 is 5.32 Å². The van der Waals surface area contributed by atoms with Gasteiger partial charge in [-0.25, -0.2) is 4.79 Å². The van der Waals surface area contributed by atoms with Gasteiger partial charge in [-0.3, -0.25) is 4.79 Å². The fraction of sp³-hybridized carbons (Fsp3) is 0.333. The highest BCUT2D eigenvalue weighted by Crippen LogP contribution is 1.91. The van der Waals surface area contributed by atoms with Gasteiger partial charge in [0.05, 0.1) is 0 Å². The molecule has 6 heteroatoms. The van der Waals surface area contributed by atoms with Crippen LogP contribution in [0.15, 0.2) is 22.9 Å². The molecular weight excluding hydrogens is 234 g/mol. The average molecular weight is 247 g/mol. The predicted octanol–water partition coefficient (Wildman–Crippen LogP) is 1.25. The summed E-state index contributed by atoms with van der Waals surface area (Å²) in [6, 6.07) is 3.16. The Balaban J connectivity index is 0.000000322. The lowest BCUT2D eigenvalue weighted by atomic mass is 10.3. The maximum atomic E-state index is 10.3. The number of hydrogen-bond donors (Lipinski definition) is 3. The topological polar surface area (TPSA) is 66.4 Å². The summed E-state index contributed by atoms with van der Waals surface area (Å²) in [4.78, 5) is 20.5. The maximum Gasteiger partial charge on any atom is 0.327 e. The molecule has 1 aromatic heterocycles. The molecule has 0 radical (unpaired) electrons. The first-order chi connectivity index (χ1) is 7.07. The van der Waals surface area contributed by atoms with Crippen LogP contribution in [0.1, 0.15) is 6.92 Å². The number of thiophene rings is 1. The van der Waals surface area contributed by atoms with Crippen molar-refractivity contribution in [3.8, 4) is 0 Å². The Kier molecular flexibility index (Phi) is 7.75. The Morgan fingerprint density at radius 1 is 1.47 bits per heavy atom. The Hall–Kier alpha value is -1.01. The number of carbonyl (C=O) groups excluding carboxylic acids is 1. The summed E-state index contributed by atoms with van der Waals surface area (Å²) in [6.07, 6.45) is 0. The molecule has 2 N–H and O–H groups in total. The molecule has 0 aliphatic rings. The largest absolute Gasteiger partial charge is 0.480 e. The molecule has 84 valence electrons. The van der Waals surface area contributed by atoms with E-state index in [-0.39, 0.29) is 11.7 Å². The van der Waals surface area contributed by atoms with Crippen LogP contribution in [0.25, 0.3) is 0 Å². The van der Waals surface area contributed by atoms with Crippen LogP contribution in [0.2, 0.25) is 0 Å². The Morgan fingerprint density at radius 3 is 2.13 bits per heavy atom. The van der Waals surface area contributed by atoms with Gasteiger partial charge in [0, 0.05) is 12.7 Å². The van der Waals surface area contributed by atoms with Gasteiger partial charge in [-0.05, 0) is 10.8 Å². The minimum atomic E-state index is -1.06. The lowest BCUT2D eigenvalue weighted by Gasteiger charge is -2.08. The van der Waals surface area contributed by atoms with Crippen molar-refractivity contribution in [2.75, 3.05) is 5.75 Å². The highest BCUT2D eigenvalue weighted by atomic mass is 32.1. The van der Waals surface area contributed by atoms with E-state index in [1.807, 2.05) is 22.9 Å². The van der Waals surface area contributed by atoms with E-state index in [4.69, 9.17) is 5.11 Å². The Bertz CT molecular complexity index is 270. The fourth-order valence-corrected chi connectivity index (χ4v) is 1.36. The zero-order chi connectivity index (χ0) is 11.7. The van der Waals surface area contributed by atoms with Crippen molar-refractivity contribution in [3.63, 3.8) is 0 Å². The molecule has 4 nitrogen and oxygen atoms in total. The van der Waals surface area contributed by atoms with Gasteiger partial charge in [0.15, 0.2) is 0 Å². The van der Waals surface area contributed by atoms with E-state index in [1.165, 1.54) is 6.92 Å². The number of carboxylic acids is 1. The molecule has 0 saturated heterocycles. The molecule has 0 bridgehead atoms. The van der Waals surface area contributed by atoms with E-state index in [0.717, 1.165) is 0 Å². The first-order valence-electron chi connectivity index (χ1n) is 4.16. The molecule has 15 heavy (non-hydrogen) atoms. The number of nitrogens with one attached hydrogen (secondary N) is 1. The number of aliphatic carboxylic acids is 1. The molecule has 0 spiro atoms. The lowest BCUT2D eigenvalue weighted by molar-refractivity contribution is -0.140. The first-order valence-corrected chi connectivity index (χ1v) is 5.73. The van der Waals surface area contributed by atoms with Gasteiger partial charge in [-0.1, -0.05) is 12.1 Å². The summed E-state index contributed by atoms with van der Waals surface area (Å²) < 4.78 is 0.